The summed E-state index contributed by atoms with van der Waals surface area (Å²) >= 11 is 0. The molecule has 76 valence electrons. The molecule has 5 nitrogen and oxygen atoms in total. The number of hydrogen-bond donors (Lipinski definition) is 3. The fourth-order valence-corrected chi connectivity index (χ4v) is 1.79. The summed E-state index contributed by atoms with van der Waals surface area (Å²) in [5, 5.41) is 8.69. The van der Waals surface area contributed by atoms with Gasteiger partial charge in [-0.3, -0.25) is 9.69 Å². The van der Waals surface area contributed by atoms with Crippen LogP contribution in [-0.4, -0.2) is 34.9 Å². The van der Waals surface area contributed by atoms with Gasteiger partial charge >= 0.3 is 5.97 Å². The molecular formula is C8H17N3O2. The summed E-state index contributed by atoms with van der Waals surface area (Å²) in [6.45, 7) is 0. The van der Waals surface area contributed by atoms with E-state index in [0.29, 0.717) is 6.42 Å². The first-order valence-corrected chi connectivity index (χ1v) is 4.45. The van der Waals surface area contributed by atoms with Crippen molar-refractivity contribution in [2.75, 3.05) is 7.05 Å². The van der Waals surface area contributed by atoms with E-state index in [1.807, 2.05) is 0 Å². The molecule has 2 atom stereocenters. The molecule has 0 spiro atoms. The highest BCUT2D eigenvalue weighted by Gasteiger charge is 2.38. The quantitative estimate of drug-likeness (QED) is 0.543. The zero-order valence-corrected chi connectivity index (χ0v) is 7.86. The maximum atomic E-state index is 10.6. The summed E-state index contributed by atoms with van der Waals surface area (Å²) in [6.07, 6.45) is 2.32. The summed E-state index contributed by atoms with van der Waals surface area (Å²) in [5.41, 5.74) is 11.0. The first kappa shape index (κ1) is 10.4. The van der Waals surface area contributed by atoms with Crippen molar-refractivity contribution in [1.82, 2.24) is 4.90 Å². The number of aliphatic carboxylic acids is 1. The number of nitrogens with zero attached hydrogens (tertiary/aromatic N) is 1. The van der Waals surface area contributed by atoms with Gasteiger partial charge in [0, 0.05) is 0 Å². The molecule has 0 aromatic rings. The number of piperidine rings is 1. The van der Waals surface area contributed by atoms with Gasteiger partial charge in [-0.15, -0.1) is 0 Å². The Kier molecular flexibility index (Phi) is 2.90. The molecule has 13 heavy (non-hydrogen) atoms. The maximum Gasteiger partial charge on any atom is 0.306 e. The van der Waals surface area contributed by atoms with Gasteiger partial charge in [0.2, 0.25) is 0 Å². The van der Waals surface area contributed by atoms with Gasteiger partial charge in [0.15, 0.2) is 0 Å². The van der Waals surface area contributed by atoms with Crippen molar-refractivity contribution in [2.24, 2.45) is 11.5 Å². The number of nitrogens with two attached hydrogens (primary N) is 2. The van der Waals surface area contributed by atoms with Gasteiger partial charge in [-0.1, -0.05) is 0 Å². The Labute approximate surface area is 77.7 Å². The fourth-order valence-electron chi connectivity index (χ4n) is 1.79. The Morgan fingerprint density at radius 1 is 1.77 bits per heavy atom. The number of carbonyl (C=O) groups is 1. The molecule has 1 fully saturated rings. The largest absolute Gasteiger partial charge is 0.481 e. The van der Waals surface area contributed by atoms with Crippen molar-refractivity contribution >= 4 is 5.97 Å². The van der Waals surface area contributed by atoms with E-state index < -0.39 is 11.6 Å². The molecule has 5 N–H and O–H groups in total. The van der Waals surface area contributed by atoms with Crippen LogP contribution >= 0.6 is 0 Å². The molecule has 2 unspecified atom stereocenters. The molecule has 0 amide bonds. The summed E-state index contributed by atoms with van der Waals surface area (Å²) in [5.74, 6) is -0.872. The number of carboxylic acid groups (broad SMARTS) is 1. The van der Waals surface area contributed by atoms with Crippen molar-refractivity contribution in [3.05, 3.63) is 0 Å². The molecule has 5 heteroatoms. The van der Waals surface area contributed by atoms with E-state index in [-0.39, 0.29) is 12.6 Å². The van der Waals surface area contributed by atoms with Crippen LogP contribution in [0, 0.1) is 0 Å². The van der Waals surface area contributed by atoms with Gasteiger partial charge in [-0.2, -0.15) is 0 Å². The minimum atomic E-state index is -0.872. The van der Waals surface area contributed by atoms with Gasteiger partial charge in [-0.05, 0) is 26.3 Å². The summed E-state index contributed by atoms with van der Waals surface area (Å²) in [6, 6.07) is 0. The van der Waals surface area contributed by atoms with Gasteiger partial charge in [0.25, 0.3) is 0 Å². The van der Waals surface area contributed by atoms with Crippen molar-refractivity contribution in [1.29, 1.82) is 0 Å². The van der Waals surface area contributed by atoms with Gasteiger partial charge in [0.1, 0.15) is 0 Å². The lowest BCUT2D eigenvalue weighted by atomic mass is 9.92. The lowest BCUT2D eigenvalue weighted by Gasteiger charge is -2.45. The molecule has 0 aromatic carbocycles. The second kappa shape index (κ2) is 3.61. The second-order valence-electron chi connectivity index (χ2n) is 3.74. The number of rotatable bonds is 2. The fraction of sp³-hybridized carbons (Fsp3) is 0.875. The summed E-state index contributed by atoms with van der Waals surface area (Å²) < 4.78 is 0. The molecule has 1 aliphatic rings. The van der Waals surface area contributed by atoms with Crippen LogP contribution in [0.5, 0.6) is 0 Å². The van der Waals surface area contributed by atoms with Gasteiger partial charge in [-0.25, -0.2) is 0 Å². The topological polar surface area (TPSA) is 92.6 Å². The summed E-state index contributed by atoms with van der Waals surface area (Å²) in [7, 11) is 1.78. The van der Waals surface area contributed by atoms with E-state index in [9.17, 15) is 4.79 Å². The van der Waals surface area contributed by atoms with Crippen LogP contribution in [-0.2, 0) is 4.79 Å². The minimum absolute atomic E-state index is 0.0444. The first-order valence-electron chi connectivity index (χ1n) is 4.45. The molecule has 1 aliphatic heterocycles. The van der Waals surface area contributed by atoms with Gasteiger partial charge < -0.3 is 16.6 Å². The third-order valence-corrected chi connectivity index (χ3v) is 2.77. The molecule has 1 heterocycles. The Hall–Kier alpha value is -0.650. The predicted octanol–water partition coefficient (Wildman–Crippen LogP) is -0.483. The highest BCUT2D eigenvalue weighted by Crippen LogP contribution is 2.27. The molecule has 0 aliphatic carbocycles. The lowest BCUT2D eigenvalue weighted by Crippen LogP contribution is -2.63. The average molecular weight is 187 g/mol. The highest BCUT2D eigenvalue weighted by molar-refractivity contribution is 5.68. The smallest absolute Gasteiger partial charge is 0.306 e. The number of likely N-dealkylation sites (tertiary alicyclic amines) is 1. The van der Waals surface area contributed by atoms with E-state index in [2.05, 4.69) is 0 Å². The van der Waals surface area contributed by atoms with E-state index in [1.54, 1.807) is 11.9 Å². The van der Waals surface area contributed by atoms with Crippen LogP contribution in [0.3, 0.4) is 0 Å². The van der Waals surface area contributed by atoms with Crippen LogP contribution in [0.15, 0.2) is 0 Å². The first-order chi connectivity index (χ1) is 5.96. The van der Waals surface area contributed by atoms with Crippen molar-refractivity contribution < 1.29 is 9.90 Å². The zero-order chi connectivity index (χ0) is 10.1. The molecular weight excluding hydrogens is 170 g/mol. The number of carboxylic acids is 1. The molecule has 1 rings (SSSR count). The Balaban J connectivity index is 2.69. The molecule has 0 radical (unpaired) electrons. The monoisotopic (exact) mass is 187 g/mol. The normalized spacial score (nSPS) is 36.1. The van der Waals surface area contributed by atoms with Crippen molar-refractivity contribution in [3.8, 4) is 0 Å². The van der Waals surface area contributed by atoms with Crippen molar-refractivity contribution in [3.63, 3.8) is 0 Å². The van der Waals surface area contributed by atoms with Crippen LogP contribution in [0.4, 0.5) is 0 Å². The third-order valence-electron chi connectivity index (χ3n) is 2.77. The van der Waals surface area contributed by atoms with E-state index >= 15 is 0 Å². The SMILES string of the molecule is CN1C(N)CCCC1(N)CC(=O)O. The average Bonchev–Trinajstić information content (AvgIpc) is 1.99. The molecule has 1 saturated heterocycles. The van der Waals surface area contributed by atoms with Crippen molar-refractivity contribution in [2.45, 2.75) is 37.5 Å². The standard InChI is InChI=1S/C8H17N3O2/c1-11-6(9)3-2-4-8(11,10)5-7(12)13/h6H,2-5,9-10H2,1H3,(H,12,13). The molecule has 0 aromatic heterocycles. The molecule has 0 bridgehead atoms. The minimum Gasteiger partial charge on any atom is -0.481 e. The van der Waals surface area contributed by atoms with E-state index in [1.165, 1.54) is 0 Å². The number of hydrogen-bond acceptors (Lipinski definition) is 4. The second-order valence-corrected chi connectivity index (χ2v) is 3.74. The van der Waals surface area contributed by atoms with Crippen LogP contribution < -0.4 is 11.5 Å². The Morgan fingerprint density at radius 3 is 2.92 bits per heavy atom. The van der Waals surface area contributed by atoms with E-state index in [0.717, 1.165) is 12.8 Å². The highest BCUT2D eigenvalue weighted by atomic mass is 16.4. The molecule has 0 saturated carbocycles. The third kappa shape index (κ3) is 2.18. The van der Waals surface area contributed by atoms with Crippen LogP contribution in [0.2, 0.25) is 0 Å². The zero-order valence-electron chi connectivity index (χ0n) is 7.86. The van der Waals surface area contributed by atoms with Crippen LogP contribution in [0.25, 0.3) is 0 Å². The Morgan fingerprint density at radius 2 is 2.38 bits per heavy atom. The summed E-state index contributed by atoms with van der Waals surface area (Å²) in [4.78, 5) is 12.3. The van der Waals surface area contributed by atoms with Gasteiger partial charge in [0.05, 0.1) is 18.2 Å². The maximum absolute atomic E-state index is 10.6. The van der Waals surface area contributed by atoms with E-state index in [4.69, 9.17) is 16.6 Å². The van der Waals surface area contributed by atoms with Crippen LogP contribution in [0.1, 0.15) is 25.7 Å². The Bertz CT molecular complexity index is 210. The lowest BCUT2D eigenvalue weighted by molar-refractivity contribution is -0.141. The predicted molar refractivity (Wildman–Crippen MR) is 48.8 cm³/mol.